The summed E-state index contributed by atoms with van der Waals surface area (Å²) < 4.78 is 17.9. The molecule has 1 aromatic carbocycles. The summed E-state index contributed by atoms with van der Waals surface area (Å²) in [6.45, 7) is 4.05. The second-order valence-electron chi connectivity index (χ2n) is 4.22. The molecule has 0 spiro atoms. The highest BCUT2D eigenvalue weighted by Crippen LogP contribution is 2.10. The molecule has 4 heteroatoms. The molecule has 0 atom stereocenters. The normalized spacial score (nSPS) is 11.2. The first-order valence-electron chi connectivity index (χ1n) is 5.57. The number of rotatable bonds is 4. The third kappa shape index (κ3) is 4.38. The van der Waals surface area contributed by atoms with Gasteiger partial charge in [-0.25, -0.2) is 9.18 Å². The molecule has 0 aliphatic rings. The maximum atomic E-state index is 12.9. The third-order valence-electron chi connectivity index (χ3n) is 2.05. The Hall–Kier alpha value is -2.15. The summed E-state index contributed by atoms with van der Waals surface area (Å²) in [4.78, 5) is 11.6. The number of nitrogens with zero attached hydrogens (tertiary/aromatic N) is 1. The summed E-state index contributed by atoms with van der Waals surface area (Å²) in [6, 6.07) is 7.41. The van der Waals surface area contributed by atoms with Gasteiger partial charge in [-0.05, 0) is 29.7 Å². The van der Waals surface area contributed by atoms with Crippen molar-refractivity contribution in [1.82, 2.24) is 0 Å². The first-order chi connectivity index (χ1) is 8.52. The number of esters is 1. The summed E-state index contributed by atoms with van der Waals surface area (Å²) in [5.74, 6) is -0.907. The van der Waals surface area contributed by atoms with Crippen LogP contribution in [0.2, 0.25) is 0 Å². The van der Waals surface area contributed by atoms with Gasteiger partial charge in [0, 0.05) is 0 Å². The van der Waals surface area contributed by atoms with E-state index in [1.165, 1.54) is 24.3 Å². The summed E-state index contributed by atoms with van der Waals surface area (Å²) in [5, 5.41) is 8.88. The minimum atomic E-state index is -0.685. The Morgan fingerprint density at radius 1 is 1.56 bits per heavy atom. The van der Waals surface area contributed by atoms with E-state index in [1.54, 1.807) is 12.1 Å². The van der Waals surface area contributed by atoms with Gasteiger partial charge >= 0.3 is 5.97 Å². The van der Waals surface area contributed by atoms with Gasteiger partial charge in [0.1, 0.15) is 17.5 Å². The number of nitriles is 1. The fourth-order valence-corrected chi connectivity index (χ4v) is 1.22. The maximum Gasteiger partial charge on any atom is 0.348 e. The molecule has 0 saturated carbocycles. The molecule has 0 N–H and O–H groups in total. The van der Waals surface area contributed by atoms with Gasteiger partial charge in [-0.2, -0.15) is 5.26 Å². The Kier molecular flexibility index (Phi) is 5.06. The van der Waals surface area contributed by atoms with Gasteiger partial charge in [-0.15, -0.1) is 0 Å². The lowest BCUT2D eigenvalue weighted by Crippen LogP contribution is -2.11. The molecule has 1 aromatic rings. The van der Waals surface area contributed by atoms with Crippen LogP contribution in [0.15, 0.2) is 29.8 Å². The first-order valence-corrected chi connectivity index (χ1v) is 5.57. The van der Waals surface area contributed by atoms with Crippen molar-refractivity contribution in [3.8, 4) is 6.07 Å². The fraction of sp³-hybridized carbons (Fsp3) is 0.286. The van der Waals surface area contributed by atoms with Crippen LogP contribution in [0.4, 0.5) is 4.39 Å². The van der Waals surface area contributed by atoms with E-state index in [0.717, 1.165) is 0 Å². The first kappa shape index (κ1) is 13.9. The molecule has 3 nitrogen and oxygen atoms in total. The lowest BCUT2D eigenvalue weighted by atomic mass is 10.1. The zero-order valence-corrected chi connectivity index (χ0v) is 10.3. The summed E-state index contributed by atoms with van der Waals surface area (Å²) in [5.41, 5.74) is 0.314. The molecule has 18 heavy (non-hydrogen) atoms. The molecule has 0 unspecified atom stereocenters. The smallest absolute Gasteiger partial charge is 0.348 e. The van der Waals surface area contributed by atoms with Crippen LogP contribution < -0.4 is 0 Å². The van der Waals surface area contributed by atoms with Crippen LogP contribution in [0.3, 0.4) is 0 Å². The zero-order chi connectivity index (χ0) is 13.5. The number of hydrogen-bond acceptors (Lipinski definition) is 3. The standard InChI is InChI=1S/C14H14FNO2/c1-10(2)9-18-14(17)12(8-16)6-11-4-3-5-13(15)7-11/h3-7,10H,9H2,1-2H3/b12-6+. The minimum Gasteiger partial charge on any atom is -0.461 e. The van der Waals surface area contributed by atoms with E-state index in [1.807, 2.05) is 13.8 Å². The average molecular weight is 247 g/mol. The highest BCUT2D eigenvalue weighted by molar-refractivity contribution is 5.97. The van der Waals surface area contributed by atoms with Crippen molar-refractivity contribution < 1.29 is 13.9 Å². The van der Waals surface area contributed by atoms with Gasteiger partial charge in [0.2, 0.25) is 0 Å². The van der Waals surface area contributed by atoms with Crippen LogP contribution in [-0.4, -0.2) is 12.6 Å². The summed E-state index contributed by atoms with van der Waals surface area (Å²) >= 11 is 0. The van der Waals surface area contributed by atoms with Gasteiger partial charge in [0.15, 0.2) is 0 Å². The molecular formula is C14H14FNO2. The zero-order valence-electron chi connectivity index (χ0n) is 10.3. The molecule has 0 saturated heterocycles. The van der Waals surface area contributed by atoms with Gasteiger partial charge in [-0.3, -0.25) is 0 Å². The average Bonchev–Trinajstić information content (AvgIpc) is 2.33. The van der Waals surface area contributed by atoms with Crippen molar-refractivity contribution in [2.24, 2.45) is 5.92 Å². The van der Waals surface area contributed by atoms with Crippen molar-refractivity contribution in [1.29, 1.82) is 5.26 Å². The predicted octanol–water partition coefficient (Wildman–Crippen LogP) is 2.93. The largest absolute Gasteiger partial charge is 0.461 e. The number of carbonyl (C=O) groups is 1. The van der Waals surface area contributed by atoms with Crippen molar-refractivity contribution in [3.05, 3.63) is 41.2 Å². The molecule has 0 bridgehead atoms. The highest BCUT2D eigenvalue weighted by Gasteiger charge is 2.11. The Labute approximate surface area is 105 Å². The predicted molar refractivity (Wildman–Crippen MR) is 65.8 cm³/mol. The quantitative estimate of drug-likeness (QED) is 0.467. The minimum absolute atomic E-state index is 0.138. The van der Waals surface area contributed by atoms with Gasteiger partial charge in [0.05, 0.1) is 6.61 Å². The van der Waals surface area contributed by atoms with E-state index >= 15 is 0 Å². The number of carbonyl (C=O) groups excluding carboxylic acids is 1. The second-order valence-corrected chi connectivity index (χ2v) is 4.22. The topological polar surface area (TPSA) is 50.1 Å². The third-order valence-corrected chi connectivity index (χ3v) is 2.05. The van der Waals surface area contributed by atoms with E-state index in [2.05, 4.69) is 0 Å². The molecule has 0 fully saturated rings. The van der Waals surface area contributed by atoms with Crippen LogP contribution in [0.1, 0.15) is 19.4 Å². The number of halogens is 1. The molecule has 0 aromatic heterocycles. The van der Waals surface area contributed by atoms with Crippen molar-refractivity contribution in [2.75, 3.05) is 6.61 Å². The fourth-order valence-electron chi connectivity index (χ4n) is 1.22. The Balaban J connectivity index is 2.83. The van der Waals surface area contributed by atoms with E-state index in [4.69, 9.17) is 10.00 Å². The van der Waals surface area contributed by atoms with Crippen LogP contribution in [-0.2, 0) is 9.53 Å². The van der Waals surface area contributed by atoms with Crippen molar-refractivity contribution in [3.63, 3.8) is 0 Å². The van der Waals surface area contributed by atoms with E-state index < -0.39 is 11.8 Å². The van der Waals surface area contributed by atoms with Crippen LogP contribution in [0.5, 0.6) is 0 Å². The Bertz CT molecular complexity index is 501. The summed E-state index contributed by atoms with van der Waals surface area (Å²) in [7, 11) is 0. The molecule has 0 heterocycles. The molecule has 0 radical (unpaired) electrons. The van der Waals surface area contributed by atoms with Crippen molar-refractivity contribution in [2.45, 2.75) is 13.8 Å². The monoisotopic (exact) mass is 247 g/mol. The lowest BCUT2D eigenvalue weighted by Gasteiger charge is -2.06. The lowest BCUT2D eigenvalue weighted by molar-refractivity contribution is -0.139. The van der Waals surface area contributed by atoms with Crippen LogP contribution >= 0.6 is 0 Å². The molecule has 0 aliphatic carbocycles. The van der Waals surface area contributed by atoms with E-state index in [-0.39, 0.29) is 18.1 Å². The second kappa shape index (κ2) is 6.55. The van der Waals surface area contributed by atoms with E-state index in [9.17, 15) is 9.18 Å². The highest BCUT2D eigenvalue weighted by atomic mass is 19.1. The summed E-state index contributed by atoms with van der Waals surface area (Å²) in [6.07, 6.45) is 1.31. The number of ether oxygens (including phenoxy) is 1. The Morgan fingerprint density at radius 2 is 2.28 bits per heavy atom. The van der Waals surface area contributed by atoms with Gasteiger partial charge in [-0.1, -0.05) is 26.0 Å². The number of benzene rings is 1. The van der Waals surface area contributed by atoms with Gasteiger partial charge in [0.25, 0.3) is 0 Å². The number of hydrogen-bond donors (Lipinski definition) is 0. The maximum absolute atomic E-state index is 12.9. The van der Waals surface area contributed by atoms with Gasteiger partial charge < -0.3 is 4.74 Å². The Morgan fingerprint density at radius 3 is 2.83 bits per heavy atom. The van der Waals surface area contributed by atoms with E-state index in [0.29, 0.717) is 5.56 Å². The molecular weight excluding hydrogens is 233 g/mol. The van der Waals surface area contributed by atoms with Crippen molar-refractivity contribution >= 4 is 12.0 Å². The van der Waals surface area contributed by atoms with Crippen LogP contribution in [0, 0.1) is 23.1 Å². The molecule has 1 rings (SSSR count). The SMILES string of the molecule is CC(C)COC(=O)/C(C#N)=C/c1cccc(F)c1. The molecule has 0 amide bonds. The van der Waals surface area contributed by atoms with Crippen LogP contribution in [0.25, 0.3) is 6.08 Å². The molecule has 0 aliphatic heterocycles. The molecule has 94 valence electrons.